The zero-order chi connectivity index (χ0) is 28.9. The van der Waals surface area contributed by atoms with Crippen molar-refractivity contribution in [1.29, 1.82) is 5.26 Å². The van der Waals surface area contributed by atoms with Crippen LogP contribution in [0.25, 0.3) is 0 Å². The standard InChI is InChI=1S/C32H42N4O4/c1-8-10-39-26-14-20(5)30(40-11-9-2)19(4)13-22-28-27-21(12-18(3)31(38-7)29(27)37)32(6)15-23(36(28)32)24(16-33)35(22)25(26)17-34/h8-9,12,22-26,28,37H,1-2,4,10-11,13-15,17,34H2,3,5-7H3/b30-20+/t22?,23-,24-,25?,26?,28-,32?/m0/s1. The van der Waals surface area contributed by atoms with Crippen LogP contribution >= 0.6 is 0 Å². The number of nitrogens with two attached hydrogens (primary N) is 1. The molecule has 0 spiro atoms. The number of piperazine rings is 1. The second-order valence-electron chi connectivity index (χ2n) is 11.7. The smallest absolute Gasteiger partial charge is 0.163 e. The van der Waals surface area contributed by atoms with Crippen LogP contribution in [-0.4, -0.2) is 72.0 Å². The maximum Gasteiger partial charge on any atom is 0.163 e. The zero-order valence-corrected chi connectivity index (χ0v) is 24.2. The molecule has 2 saturated heterocycles. The summed E-state index contributed by atoms with van der Waals surface area (Å²) in [5, 5.41) is 22.3. The molecule has 5 rings (SSSR count). The molecule has 0 amide bonds. The van der Waals surface area contributed by atoms with E-state index < -0.39 is 6.04 Å². The van der Waals surface area contributed by atoms with Crippen molar-refractivity contribution in [2.45, 2.75) is 81.9 Å². The highest BCUT2D eigenvalue weighted by Crippen LogP contribution is 2.66. The molecule has 4 heterocycles. The Bertz CT molecular complexity index is 1300. The number of allylic oxidation sites excluding steroid dienone is 1. The van der Waals surface area contributed by atoms with E-state index in [1.165, 1.54) is 0 Å². The Kier molecular flexibility index (Phi) is 7.62. The molecule has 0 aromatic heterocycles. The molecule has 8 nitrogen and oxygen atoms in total. The lowest BCUT2D eigenvalue weighted by atomic mass is 9.72. The number of fused-ring (bicyclic) bond motifs is 5. The van der Waals surface area contributed by atoms with E-state index in [0.29, 0.717) is 38.3 Å². The predicted molar refractivity (Wildman–Crippen MR) is 155 cm³/mol. The molecule has 214 valence electrons. The zero-order valence-electron chi connectivity index (χ0n) is 24.2. The first-order valence-corrected chi connectivity index (χ1v) is 14.1. The maximum atomic E-state index is 11.7. The van der Waals surface area contributed by atoms with Gasteiger partial charge in [-0.1, -0.05) is 25.3 Å². The molecule has 0 aliphatic carbocycles. The fraction of sp³-hybridized carbons (Fsp3) is 0.531. The molecule has 8 heteroatoms. The Hall–Kier alpha value is -3.09. The van der Waals surface area contributed by atoms with Crippen LogP contribution in [0.3, 0.4) is 0 Å². The average Bonchev–Trinajstić information content (AvgIpc) is 3.14. The first kappa shape index (κ1) is 28.4. The van der Waals surface area contributed by atoms with Gasteiger partial charge in [-0.15, -0.1) is 6.58 Å². The Morgan fingerprint density at radius 3 is 2.58 bits per heavy atom. The Labute approximate surface area is 238 Å². The molecule has 4 aliphatic heterocycles. The summed E-state index contributed by atoms with van der Waals surface area (Å²) in [4.78, 5) is 4.74. The molecule has 1 aromatic carbocycles. The van der Waals surface area contributed by atoms with E-state index in [-0.39, 0.29) is 41.6 Å². The van der Waals surface area contributed by atoms with Crippen LogP contribution in [0.15, 0.2) is 54.9 Å². The summed E-state index contributed by atoms with van der Waals surface area (Å²) >= 11 is 0. The van der Waals surface area contributed by atoms with Crippen LogP contribution < -0.4 is 10.5 Å². The largest absolute Gasteiger partial charge is 0.504 e. The molecule has 0 saturated carbocycles. The predicted octanol–water partition coefficient (Wildman–Crippen LogP) is 4.35. The van der Waals surface area contributed by atoms with E-state index in [1.54, 1.807) is 19.3 Å². The van der Waals surface area contributed by atoms with Crippen LogP contribution in [0.2, 0.25) is 0 Å². The van der Waals surface area contributed by atoms with Crippen molar-refractivity contribution < 1.29 is 19.3 Å². The molecule has 4 unspecified atom stereocenters. The molecule has 2 fully saturated rings. The fourth-order valence-electron chi connectivity index (χ4n) is 7.97. The number of methoxy groups -OCH3 is 1. The van der Waals surface area contributed by atoms with Gasteiger partial charge in [-0.2, -0.15) is 5.26 Å². The number of phenols is 1. The van der Waals surface area contributed by atoms with Crippen LogP contribution in [0.1, 0.15) is 55.8 Å². The number of hydrogen-bond acceptors (Lipinski definition) is 8. The molecule has 40 heavy (non-hydrogen) atoms. The van der Waals surface area contributed by atoms with Crippen molar-refractivity contribution in [2.24, 2.45) is 5.73 Å². The Morgan fingerprint density at radius 2 is 1.95 bits per heavy atom. The van der Waals surface area contributed by atoms with Crippen LogP contribution in [0.5, 0.6) is 11.5 Å². The minimum absolute atomic E-state index is 0.0111. The van der Waals surface area contributed by atoms with Crippen molar-refractivity contribution in [2.75, 3.05) is 26.9 Å². The van der Waals surface area contributed by atoms with Crippen molar-refractivity contribution >= 4 is 0 Å². The molecule has 4 aliphatic rings. The van der Waals surface area contributed by atoms with Crippen LogP contribution in [0, 0.1) is 18.3 Å². The number of phenolic OH excluding ortho intramolecular Hbond substituents is 1. The SMILES string of the molecule is C=CCO/C1=C(\C)CC(OCC=C)C(CN)N2C(CC1=C)[C@H]1c3c(cc(C)c(OC)c3O)C3(C)C[C@@H]([C@@H]2C#N)N13. The van der Waals surface area contributed by atoms with Gasteiger partial charge in [0.05, 0.1) is 38.0 Å². The molecular formula is C32H42N4O4. The van der Waals surface area contributed by atoms with E-state index in [2.05, 4.69) is 48.6 Å². The van der Waals surface area contributed by atoms with Gasteiger partial charge in [0, 0.05) is 29.7 Å². The Balaban J connectivity index is 1.73. The molecular weight excluding hydrogens is 504 g/mol. The number of benzene rings is 1. The number of aryl methyl sites for hydroxylation is 1. The summed E-state index contributed by atoms with van der Waals surface area (Å²) in [6.07, 6.45) is 5.09. The van der Waals surface area contributed by atoms with E-state index in [4.69, 9.17) is 19.9 Å². The highest BCUT2D eigenvalue weighted by molar-refractivity contribution is 5.62. The average molecular weight is 547 g/mol. The topological polar surface area (TPSA) is 104 Å². The lowest BCUT2D eigenvalue weighted by Gasteiger charge is -2.65. The van der Waals surface area contributed by atoms with E-state index >= 15 is 0 Å². The Morgan fingerprint density at radius 1 is 1.23 bits per heavy atom. The van der Waals surface area contributed by atoms with Gasteiger partial charge in [-0.3, -0.25) is 9.80 Å². The third kappa shape index (κ3) is 4.02. The number of nitrogens with zero attached hydrogens (tertiary/aromatic N) is 3. The van der Waals surface area contributed by atoms with Gasteiger partial charge in [-0.25, -0.2) is 0 Å². The van der Waals surface area contributed by atoms with Gasteiger partial charge in [0.25, 0.3) is 0 Å². The molecule has 7 atom stereocenters. The molecule has 3 N–H and O–H groups in total. The van der Waals surface area contributed by atoms with Crippen LogP contribution in [0.4, 0.5) is 0 Å². The van der Waals surface area contributed by atoms with E-state index in [0.717, 1.165) is 40.0 Å². The van der Waals surface area contributed by atoms with E-state index in [1.807, 2.05) is 13.8 Å². The number of aromatic hydroxyl groups is 1. The molecule has 0 bridgehead atoms. The van der Waals surface area contributed by atoms with Gasteiger partial charge in [0.2, 0.25) is 0 Å². The van der Waals surface area contributed by atoms with Gasteiger partial charge in [-0.05, 0) is 68.4 Å². The summed E-state index contributed by atoms with van der Waals surface area (Å²) in [6.45, 7) is 19.4. The lowest BCUT2D eigenvalue weighted by molar-refractivity contribution is -0.184. The van der Waals surface area contributed by atoms with Crippen LogP contribution in [-0.2, 0) is 15.0 Å². The van der Waals surface area contributed by atoms with Gasteiger partial charge < -0.3 is 25.1 Å². The summed E-state index contributed by atoms with van der Waals surface area (Å²) in [5.74, 6) is 1.41. The minimum Gasteiger partial charge on any atom is -0.504 e. The second kappa shape index (κ2) is 10.7. The monoisotopic (exact) mass is 546 g/mol. The van der Waals surface area contributed by atoms with Gasteiger partial charge >= 0.3 is 0 Å². The number of nitriles is 1. The number of hydrogen-bond donors (Lipinski definition) is 2. The van der Waals surface area contributed by atoms with Gasteiger partial charge in [0.15, 0.2) is 11.5 Å². The summed E-state index contributed by atoms with van der Waals surface area (Å²) in [7, 11) is 1.59. The molecule has 0 radical (unpaired) electrons. The lowest BCUT2D eigenvalue weighted by Crippen LogP contribution is -2.76. The maximum absolute atomic E-state index is 11.7. The minimum atomic E-state index is -0.402. The first-order chi connectivity index (χ1) is 19.2. The normalized spacial score (nSPS) is 35.1. The highest BCUT2D eigenvalue weighted by Gasteiger charge is 2.68. The van der Waals surface area contributed by atoms with Crippen molar-refractivity contribution in [3.63, 3.8) is 0 Å². The number of rotatable bonds is 8. The molecule has 1 aromatic rings. The third-order valence-corrected chi connectivity index (χ3v) is 9.46. The summed E-state index contributed by atoms with van der Waals surface area (Å²) in [6, 6.07) is 3.74. The highest BCUT2D eigenvalue weighted by atomic mass is 16.5. The van der Waals surface area contributed by atoms with Crippen molar-refractivity contribution in [3.05, 3.63) is 71.6 Å². The van der Waals surface area contributed by atoms with E-state index in [9.17, 15) is 10.4 Å². The van der Waals surface area contributed by atoms with Gasteiger partial charge in [0.1, 0.15) is 18.4 Å². The summed E-state index contributed by atoms with van der Waals surface area (Å²) in [5.41, 5.74) is 11.0. The fourth-order valence-corrected chi connectivity index (χ4v) is 7.97. The van der Waals surface area contributed by atoms with Crippen molar-refractivity contribution in [1.82, 2.24) is 9.80 Å². The van der Waals surface area contributed by atoms with Crippen molar-refractivity contribution in [3.8, 4) is 17.6 Å². The summed E-state index contributed by atoms with van der Waals surface area (Å²) < 4.78 is 18.2. The second-order valence-corrected chi connectivity index (χ2v) is 11.7. The number of ether oxygens (including phenoxy) is 3. The third-order valence-electron chi connectivity index (χ3n) is 9.46. The quantitative estimate of drug-likeness (QED) is 0.464. The first-order valence-electron chi connectivity index (χ1n) is 14.1.